The van der Waals surface area contributed by atoms with Crippen LogP contribution in [0.25, 0.3) is 59.8 Å². The summed E-state index contributed by atoms with van der Waals surface area (Å²) in [5.74, 6) is 3.42. The molecule has 0 saturated carbocycles. The van der Waals surface area contributed by atoms with Crippen LogP contribution in [0, 0.1) is 0 Å². The lowest BCUT2D eigenvalue weighted by molar-refractivity contribution is 0.473. The maximum absolute atomic E-state index is 11.2. The van der Waals surface area contributed by atoms with E-state index in [9.17, 15) is 20.4 Å². The van der Waals surface area contributed by atoms with E-state index in [1.54, 1.807) is 36.4 Å². The van der Waals surface area contributed by atoms with Crippen molar-refractivity contribution in [1.82, 2.24) is 0 Å². The monoisotopic (exact) mass is 760 g/mol. The van der Waals surface area contributed by atoms with Crippen molar-refractivity contribution in [3.05, 3.63) is 174 Å². The zero-order valence-corrected chi connectivity index (χ0v) is 32.0. The molecule has 0 radical (unpaired) electrons. The lowest BCUT2D eigenvalue weighted by Crippen LogP contribution is -2.02. The van der Waals surface area contributed by atoms with Crippen molar-refractivity contribution in [2.45, 2.75) is 26.7 Å². The Morgan fingerprint density at radius 2 is 1.00 bits per heavy atom. The van der Waals surface area contributed by atoms with Crippen LogP contribution in [0.3, 0.4) is 0 Å². The van der Waals surface area contributed by atoms with Gasteiger partial charge in [-0.1, -0.05) is 86.7 Å². The Morgan fingerprint density at radius 3 is 1.76 bits per heavy atom. The molecule has 58 heavy (non-hydrogen) atoms. The molecule has 4 N–H and O–H groups in total. The number of ether oxygens (including phenoxy) is 2. The first kappa shape index (κ1) is 36.2. The summed E-state index contributed by atoms with van der Waals surface area (Å²) in [4.78, 5) is 0. The molecule has 0 unspecified atom stereocenters. The molecular formula is C52H40O6. The summed E-state index contributed by atoms with van der Waals surface area (Å²) in [6.45, 7) is 4.00. The van der Waals surface area contributed by atoms with Crippen molar-refractivity contribution in [1.29, 1.82) is 0 Å². The molecule has 0 atom stereocenters. The van der Waals surface area contributed by atoms with Crippen LogP contribution < -0.4 is 9.47 Å². The van der Waals surface area contributed by atoms with Gasteiger partial charge in [-0.25, -0.2) is 0 Å². The fraction of sp³-hybridized carbons (Fsp3) is 0.0769. The van der Waals surface area contributed by atoms with Crippen molar-refractivity contribution < 1.29 is 29.9 Å². The number of aryl methyl sites for hydroxylation is 1. The van der Waals surface area contributed by atoms with Gasteiger partial charge in [0.2, 0.25) is 0 Å². The molecule has 0 bridgehead atoms. The average molecular weight is 761 g/mol. The van der Waals surface area contributed by atoms with Gasteiger partial charge in [0.15, 0.2) is 0 Å². The van der Waals surface area contributed by atoms with Gasteiger partial charge in [0, 0.05) is 27.3 Å². The molecule has 0 saturated heterocycles. The first-order valence-electron chi connectivity index (χ1n) is 19.5. The van der Waals surface area contributed by atoms with Crippen LogP contribution in [-0.4, -0.2) is 20.4 Å². The van der Waals surface area contributed by atoms with E-state index in [-0.39, 0.29) is 23.0 Å². The van der Waals surface area contributed by atoms with E-state index in [0.29, 0.717) is 28.6 Å². The van der Waals surface area contributed by atoms with Crippen LogP contribution >= 0.6 is 0 Å². The van der Waals surface area contributed by atoms with E-state index in [2.05, 4.69) is 6.08 Å². The zero-order valence-electron chi connectivity index (χ0n) is 32.0. The lowest BCUT2D eigenvalue weighted by Gasteiger charge is -2.21. The summed E-state index contributed by atoms with van der Waals surface area (Å²) in [7, 11) is 0. The molecular weight excluding hydrogens is 721 g/mol. The van der Waals surface area contributed by atoms with Gasteiger partial charge in [0.1, 0.15) is 46.0 Å². The maximum atomic E-state index is 11.2. The summed E-state index contributed by atoms with van der Waals surface area (Å²) in [6, 6.07) is 47.3. The van der Waals surface area contributed by atoms with Crippen molar-refractivity contribution in [3.8, 4) is 57.1 Å². The van der Waals surface area contributed by atoms with Crippen molar-refractivity contribution in [3.63, 3.8) is 0 Å². The molecule has 6 nitrogen and oxygen atoms in total. The van der Waals surface area contributed by atoms with E-state index in [1.807, 2.05) is 129 Å². The molecule has 0 fully saturated rings. The Balaban J connectivity index is 0.00000215. The molecule has 9 aromatic rings. The fourth-order valence-corrected chi connectivity index (χ4v) is 8.27. The highest BCUT2D eigenvalue weighted by Gasteiger charge is 2.21. The van der Waals surface area contributed by atoms with Crippen LogP contribution in [0.15, 0.2) is 158 Å². The third-order valence-electron chi connectivity index (χ3n) is 10.8. The average Bonchev–Trinajstić information content (AvgIpc) is 3.24. The van der Waals surface area contributed by atoms with Crippen LogP contribution in [0.1, 0.15) is 37.0 Å². The van der Waals surface area contributed by atoms with Gasteiger partial charge in [-0.15, -0.1) is 0 Å². The fourth-order valence-electron chi connectivity index (χ4n) is 8.27. The smallest absolute Gasteiger partial charge is 0.135 e. The van der Waals surface area contributed by atoms with Crippen molar-refractivity contribution >= 4 is 48.7 Å². The van der Waals surface area contributed by atoms with E-state index < -0.39 is 0 Å². The number of phenols is 4. The molecule has 0 spiro atoms. The van der Waals surface area contributed by atoms with Gasteiger partial charge < -0.3 is 29.9 Å². The normalized spacial score (nSPS) is 12.2. The standard InChI is InChI=1S/C50H34O6.C2H6/c51-32-16-19-35-29(26-32)6-1-9-40(35)49-42-11-4-14-47(38(42)22-24-44(49)53)55-34-18-21-37-31(28-34)8-3-13-46(37)56-48-15-5-12-43-39(48)23-25-45(54)50(43)41-10-2-7-30-27-33(52)17-20-36(30)41;1-2/h1,3-6,8-28,51-54H,2,7H2;1-2H3. The second-order valence-electron chi connectivity index (χ2n) is 14.2. The minimum Gasteiger partial charge on any atom is -0.508 e. The number of aromatic hydroxyl groups is 4. The van der Waals surface area contributed by atoms with E-state index in [0.717, 1.165) is 83.8 Å². The van der Waals surface area contributed by atoms with Gasteiger partial charge in [-0.3, -0.25) is 0 Å². The highest BCUT2D eigenvalue weighted by Crippen LogP contribution is 2.46. The first-order chi connectivity index (χ1) is 28.4. The number of allylic oxidation sites excluding steroid dienone is 1. The second-order valence-corrected chi connectivity index (χ2v) is 14.2. The molecule has 6 heteroatoms. The lowest BCUT2D eigenvalue weighted by atomic mass is 9.84. The summed E-state index contributed by atoms with van der Waals surface area (Å²) in [6.07, 6.45) is 3.79. The third kappa shape index (κ3) is 6.35. The SMILES string of the molecule is CC.Oc1ccc2c(c1)CCC=C2c1c(O)ccc2c(Oc3cccc4cc(Oc5cccc6c(-c7cccc8cc(O)ccc78)c(O)ccc56)ccc34)cccc12. The zero-order chi connectivity index (χ0) is 39.9. The van der Waals surface area contributed by atoms with E-state index in [1.165, 1.54) is 0 Å². The molecule has 0 aliphatic heterocycles. The van der Waals surface area contributed by atoms with Crippen LogP contribution in [-0.2, 0) is 6.42 Å². The van der Waals surface area contributed by atoms with Gasteiger partial charge in [-0.05, 0) is 147 Å². The second kappa shape index (κ2) is 14.9. The van der Waals surface area contributed by atoms with Crippen LogP contribution in [0.2, 0.25) is 0 Å². The summed E-state index contributed by atoms with van der Waals surface area (Å²) >= 11 is 0. The number of benzene rings is 9. The Bertz CT molecular complexity index is 3090. The van der Waals surface area contributed by atoms with Crippen LogP contribution in [0.4, 0.5) is 0 Å². The maximum Gasteiger partial charge on any atom is 0.135 e. The van der Waals surface area contributed by atoms with Gasteiger partial charge >= 0.3 is 0 Å². The Morgan fingerprint density at radius 1 is 0.431 bits per heavy atom. The van der Waals surface area contributed by atoms with E-state index in [4.69, 9.17) is 9.47 Å². The van der Waals surface area contributed by atoms with Gasteiger partial charge in [-0.2, -0.15) is 0 Å². The number of fused-ring (bicyclic) bond motifs is 5. The number of phenolic OH excluding ortho intramolecular Hbond substituents is 4. The highest BCUT2D eigenvalue weighted by molar-refractivity contribution is 6.09. The molecule has 10 rings (SSSR count). The molecule has 1 aliphatic rings. The largest absolute Gasteiger partial charge is 0.508 e. The van der Waals surface area contributed by atoms with Crippen LogP contribution in [0.5, 0.6) is 46.0 Å². The molecule has 0 aromatic heterocycles. The van der Waals surface area contributed by atoms with Crippen molar-refractivity contribution in [2.75, 3.05) is 0 Å². The number of rotatable bonds is 6. The predicted molar refractivity (Wildman–Crippen MR) is 235 cm³/mol. The topological polar surface area (TPSA) is 99.4 Å². The first-order valence-corrected chi connectivity index (χ1v) is 19.5. The number of hydrogen-bond acceptors (Lipinski definition) is 6. The molecule has 0 heterocycles. The summed E-state index contributed by atoms with van der Waals surface area (Å²) in [5.41, 5.74) is 5.30. The van der Waals surface area contributed by atoms with Crippen molar-refractivity contribution in [2.24, 2.45) is 0 Å². The Hall–Kier alpha value is -7.44. The Labute approximate surface area is 335 Å². The minimum atomic E-state index is 0.158. The molecule has 0 amide bonds. The summed E-state index contributed by atoms with van der Waals surface area (Å²) in [5, 5.41) is 49.7. The summed E-state index contributed by atoms with van der Waals surface area (Å²) < 4.78 is 13.2. The molecule has 284 valence electrons. The third-order valence-corrected chi connectivity index (χ3v) is 10.8. The molecule has 9 aromatic carbocycles. The van der Waals surface area contributed by atoms with Gasteiger partial charge in [0.05, 0.1) is 0 Å². The molecule has 1 aliphatic carbocycles. The highest BCUT2D eigenvalue weighted by atomic mass is 16.5. The number of hydrogen-bond donors (Lipinski definition) is 4. The van der Waals surface area contributed by atoms with Gasteiger partial charge in [0.25, 0.3) is 0 Å². The predicted octanol–water partition coefficient (Wildman–Crippen LogP) is 13.8. The van der Waals surface area contributed by atoms with E-state index >= 15 is 0 Å². The minimum absolute atomic E-state index is 0.158. The quantitative estimate of drug-likeness (QED) is 0.135. The Kier molecular flexibility index (Phi) is 9.30.